The van der Waals surface area contributed by atoms with E-state index in [1.54, 1.807) is 0 Å². The van der Waals surface area contributed by atoms with Crippen LogP contribution in [0.4, 0.5) is 6.01 Å². The van der Waals surface area contributed by atoms with Gasteiger partial charge in [-0.25, -0.2) is 0 Å². The minimum absolute atomic E-state index is 0.531. The van der Waals surface area contributed by atoms with E-state index < -0.39 is 0 Å². The molecule has 1 aromatic heterocycles. The Balaban J connectivity index is 1.79. The van der Waals surface area contributed by atoms with E-state index in [2.05, 4.69) is 17.2 Å². The third kappa shape index (κ3) is 1.77. The van der Waals surface area contributed by atoms with Crippen molar-refractivity contribution in [3.63, 3.8) is 0 Å². The third-order valence-electron chi connectivity index (χ3n) is 3.32. The molecular weight excluding hydrogens is 200 g/mol. The summed E-state index contributed by atoms with van der Waals surface area (Å²) in [5, 5.41) is 3.38. The molecule has 1 fully saturated rings. The van der Waals surface area contributed by atoms with Gasteiger partial charge in [0.25, 0.3) is 6.01 Å². The normalized spacial score (nSPS) is 25.1. The van der Waals surface area contributed by atoms with Crippen molar-refractivity contribution in [3.8, 4) is 0 Å². The van der Waals surface area contributed by atoms with E-state index in [1.807, 2.05) is 24.3 Å². The maximum Gasteiger partial charge on any atom is 0.295 e. The van der Waals surface area contributed by atoms with Gasteiger partial charge in [0, 0.05) is 6.04 Å². The van der Waals surface area contributed by atoms with Crippen LogP contribution in [0.2, 0.25) is 0 Å². The fourth-order valence-electron chi connectivity index (χ4n) is 2.45. The number of hydrogen-bond acceptors (Lipinski definition) is 3. The predicted molar refractivity (Wildman–Crippen MR) is 64.4 cm³/mol. The largest absolute Gasteiger partial charge is 0.424 e. The van der Waals surface area contributed by atoms with Crippen molar-refractivity contribution in [1.29, 1.82) is 0 Å². The highest BCUT2D eigenvalue weighted by atomic mass is 16.4. The molecule has 3 heteroatoms. The molecular formula is C13H16N2O. The van der Waals surface area contributed by atoms with Gasteiger partial charge in [-0.1, -0.05) is 19.1 Å². The number of nitrogens with zero attached hydrogens (tertiary/aromatic N) is 1. The topological polar surface area (TPSA) is 38.1 Å². The number of aromatic nitrogens is 1. The summed E-state index contributed by atoms with van der Waals surface area (Å²) in [6.07, 6.45) is 3.75. The summed E-state index contributed by atoms with van der Waals surface area (Å²) in [5.41, 5.74) is 1.78. The lowest BCUT2D eigenvalue weighted by Crippen LogP contribution is -2.15. The Morgan fingerprint density at radius 1 is 1.31 bits per heavy atom. The molecule has 3 nitrogen and oxygen atoms in total. The molecule has 16 heavy (non-hydrogen) atoms. The first kappa shape index (κ1) is 9.70. The minimum Gasteiger partial charge on any atom is -0.424 e. The molecule has 1 heterocycles. The van der Waals surface area contributed by atoms with Gasteiger partial charge in [0.15, 0.2) is 5.58 Å². The fraction of sp³-hybridized carbons (Fsp3) is 0.462. The molecule has 1 aliphatic rings. The van der Waals surface area contributed by atoms with Crippen molar-refractivity contribution in [1.82, 2.24) is 4.98 Å². The zero-order valence-corrected chi connectivity index (χ0v) is 9.44. The zero-order chi connectivity index (χ0) is 11.0. The van der Waals surface area contributed by atoms with Crippen molar-refractivity contribution in [3.05, 3.63) is 24.3 Å². The highest BCUT2D eigenvalue weighted by molar-refractivity contribution is 5.74. The molecule has 3 rings (SSSR count). The van der Waals surface area contributed by atoms with Crippen molar-refractivity contribution in [2.24, 2.45) is 5.92 Å². The maximum absolute atomic E-state index is 5.64. The Kier molecular flexibility index (Phi) is 2.31. The van der Waals surface area contributed by atoms with Crippen LogP contribution in [0.5, 0.6) is 0 Å². The van der Waals surface area contributed by atoms with Crippen LogP contribution < -0.4 is 5.32 Å². The lowest BCUT2D eigenvalue weighted by atomic mass is 10.1. The van der Waals surface area contributed by atoms with E-state index in [1.165, 1.54) is 19.3 Å². The highest BCUT2D eigenvalue weighted by Gasteiger charge is 2.22. The van der Waals surface area contributed by atoms with Gasteiger partial charge in [0.2, 0.25) is 0 Å². The van der Waals surface area contributed by atoms with Crippen LogP contribution in [0.3, 0.4) is 0 Å². The second-order valence-electron chi connectivity index (χ2n) is 4.75. The van der Waals surface area contributed by atoms with Gasteiger partial charge in [-0.05, 0) is 37.3 Å². The summed E-state index contributed by atoms with van der Waals surface area (Å²) < 4.78 is 5.64. The first-order chi connectivity index (χ1) is 7.81. The molecule has 84 valence electrons. The van der Waals surface area contributed by atoms with Gasteiger partial charge in [-0.15, -0.1) is 0 Å². The quantitative estimate of drug-likeness (QED) is 0.835. The molecule has 0 bridgehead atoms. The third-order valence-corrected chi connectivity index (χ3v) is 3.32. The van der Waals surface area contributed by atoms with Gasteiger partial charge < -0.3 is 9.73 Å². The Morgan fingerprint density at radius 3 is 2.94 bits per heavy atom. The van der Waals surface area contributed by atoms with E-state index in [-0.39, 0.29) is 0 Å². The van der Waals surface area contributed by atoms with Gasteiger partial charge in [0.05, 0.1) is 0 Å². The Hall–Kier alpha value is -1.51. The predicted octanol–water partition coefficient (Wildman–Crippen LogP) is 3.43. The van der Waals surface area contributed by atoms with Crippen LogP contribution >= 0.6 is 0 Å². The van der Waals surface area contributed by atoms with Crippen LogP contribution in [0, 0.1) is 5.92 Å². The van der Waals surface area contributed by atoms with E-state index >= 15 is 0 Å². The Morgan fingerprint density at radius 2 is 2.19 bits per heavy atom. The van der Waals surface area contributed by atoms with Crippen LogP contribution in [0.15, 0.2) is 28.7 Å². The number of para-hydroxylation sites is 2. The average molecular weight is 216 g/mol. The first-order valence-electron chi connectivity index (χ1n) is 5.93. The zero-order valence-electron chi connectivity index (χ0n) is 9.44. The molecule has 0 saturated heterocycles. The van der Waals surface area contributed by atoms with Gasteiger partial charge in [-0.3, -0.25) is 0 Å². The minimum atomic E-state index is 0.531. The second-order valence-corrected chi connectivity index (χ2v) is 4.75. The van der Waals surface area contributed by atoms with Crippen LogP contribution in [-0.4, -0.2) is 11.0 Å². The molecule has 1 N–H and O–H groups in total. The van der Waals surface area contributed by atoms with Crippen molar-refractivity contribution in [2.75, 3.05) is 5.32 Å². The molecule has 0 radical (unpaired) electrons. The summed E-state index contributed by atoms with van der Waals surface area (Å²) in [5.74, 6) is 0.821. The van der Waals surface area contributed by atoms with Crippen molar-refractivity contribution >= 4 is 17.1 Å². The highest BCUT2D eigenvalue weighted by Crippen LogP contribution is 2.28. The Labute approximate surface area is 94.9 Å². The molecule has 1 saturated carbocycles. The van der Waals surface area contributed by atoms with Gasteiger partial charge in [0.1, 0.15) is 5.52 Å². The fourth-order valence-corrected chi connectivity index (χ4v) is 2.45. The standard InChI is InChI=1S/C13H16N2O/c1-9-6-7-10(8-9)14-13-15-11-4-2-3-5-12(11)16-13/h2-5,9-10H,6-8H2,1H3,(H,14,15). The number of oxazole rings is 1. The van der Waals surface area contributed by atoms with E-state index in [0.717, 1.165) is 17.0 Å². The maximum atomic E-state index is 5.64. The molecule has 0 aliphatic heterocycles. The number of anilines is 1. The molecule has 2 atom stereocenters. The van der Waals surface area contributed by atoms with E-state index in [4.69, 9.17) is 4.42 Å². The van der Waals surface area contributed by atoms with E-state index in [9.17, 15) is 0 Å². The van der Waals surface area contributed by atoms with Crippen molar-refractivity contribution < 1.29 is 4.42 Å². The van der Waals surface area contributed by atoms with Crippen molar-refractivity contribution in [2.45, 2.75) is 32.2 Å². The van der Waals surface area contributed by atoms with Crippen LogP contribution in [0.1, 0.15) is 26.2 Å². The number of benzene rings is 1. The molecule has 2 unspecified atom stereocenters. The molecule has 0 spiro atoms. The summed E-state index contributed by atoms with van der Waals surface area (Å²) in [6, 6.07) is 9.07. The van der Waals surface area contributed by atoms with E-state index in [0.29, 0.717) is 12.1 Å². The van der Waals surface area contributed by atoms with Crippen LogP contribution in [-0.2, 0) is 0 Å². The molecule has 1 aromatic carbocycles. The summed E-state index contributed by atoms with van der Waals surface area (Å²) in [6.45, 7) is 2.30. The SMILES string of the molecule is CC1CCC(Nc2nc3ccccc3o2)C1. The number of hydrogen-bond donors (Lipinski definition) is 1. The van der Waals surface area contributed by atoms with Crippen LogP contribution in [0.25, 0.3) is 11.1 Å². The van der Waals surface area contributed by atoms with Gasteiger partial charge in [-0.2, -0.15) is 4.98 Å². The Bertz CT molecular complexity index is 458. The molecule has 2 aromatic rings. The monoisotopic (exact) mass is 216 g/mol. The first-order valence-corrected chi connectivity index (χ1v) is 5.93. The average Bonchev–Trinajstić information content (AvgIpc) is 2.84. The number of rotatable bonds is 2. The summed E-state index contributed by atoms with van der Waals surface area (Å²) >= 11 is 0. The lowest BCUT2D eigenvalue weighted by Gasteiger charge is -2.09. The second kappa shape index (κ2) is 3.81. The van der Waals surface area contributed by atoms with Gasteiger partial charge >= 0.3 is 0 Å². The molecule has 1 aliphatic carbocycles. The number of fused-ring (bicyclic) bond motifs is 1. The lowest BCUT2D eigenvalue weighted by molar-refractivity contribution is 0.576. The summed E-state index contributed by atoms with van der Waals surface area (Å²) in [4.78, 5) is 4.42. The molecule has 0 amide bonds. The number of nitrogens with one attached hydrogen (secondary N) is 1. The summed E-state index contributed by atoms with van der Waals surface area (Å²) in [7, 11) is 0. The smallest absolute Gasteiger partial charge is 0.295 e.